The third-order valence-corrected chi connectivity index (χ3v) is 3.47. The maximum Gasteiger partial charge on any atom is 0.243 e. The number of carbonyl (C=O) groups is 1. The summed E-state index contributed by atoms with van der Waals surface area (Å²) in [7, 11) is 0. The summed E-state index contributed by atoms with van der Waals surface area (Å²) in [6, 6.07) is -0.140. The highest BCUT2D eigenvalue weighted by Crippen LogP contribution is 2.30. The fourth-order valence-electron chi connectivity index (χ4n) is 2.33. The van der Waals surface area contributed by atoms with Gasteiger partial charge in [0.1, 0.15) is 5.82 Å². The first kappa shape index (κ1) is 12.1. The van der Waals surface area contributed by atoms with Crippen LogP contribution < -0.4 is 10.6 Å². The van der Waals surface area contributed by atoms with Crippen LogP contribution in [-0.4, -0.2) is 28.7 Å². The van der Waals surface area contributed by atoms with E-state index >= 15 is 0 Å². The first-order valence-electron chi connectivity index (χ1n) is 6.05. The second-order valence-corrected chi connectivity index (χ2v) is 5.40. The van der Waals surface area contributed by atoms with E-state index in [1.54, 1.807) is 6.20 Å². The van der Waals surface area contributed by atoms with Gasteiger partial charge in [0.15, 0.2) is 0 Å². The van der Waals surface area contributed by atoms with Crippen molar-refractivity contribution in [1.29, 1.82) is 0 Å². The number of aromatic nitrogens is 2. The first-order valence-corrected chi connectivity index (χ1v) is 6.05. The van der Waals surface area contributed by atoms with Crippen LogP contribution in [0.4, 0.5) is 5.82 Å². The van der Waals surface area contributed by atoms with Crippen molar-refractivity contribution in [2.24, 2.45) is 5.41 Å². The third-order valence-electron chi connectivity index (χ3n) is 3.47. The van der Waals surface area contributed by atoms with Crippen molar-refractivity contribution in [2.75, 3.05) is 11.9 Å². The molecule has 2 heterocycles. The summed E-state index contributed by atoms with van der Waals surface area (Å²) in [5.74, 6) is 0.709. The molecule has 1 unspecified atom stereocenters. The van der Waals surface area contributed by atoms with Crippen molar-refractivity contribution in [3.05, 3.63) is 11.8 Å². The Kier molecular flexibility index (Phi) is 3.19. The number of amides is 1. The summed E-state index contributed by atoms with van der Waals surface area (Å²) < 4.78 is 0. The van der Waals surface area contributed by atoms with Crippen molar-refractivity contribution < 1.29 is 4.79 Å². The van der Waals surface area contributed by atoms with Gasteiger partial charge in [0.25, 0.3) is 0 Å². The number of piperidine rings is 1. The molecule has 0 spiro atoms. The number of anilines is 1. The van der Waals surface area contributed by atoms with Gasteiger partial charge in [-0.2, -0.15) is 5.10 Å². The normalized spacial score (nSPS) is 23.4. The highest BCUT2D eigenvalue weighted by Gasteiger charge is 2.37. The first-order chi connectivity index (χ1) is 8.00. The van der Waals surface area contributed by atoms with E-state index in [9.17, 15) is 4.79 Å². The molecule has 2 rings (SSSR count). The van der Waals surface area contributed by atoms with Crippen molar-refractivity contribution in [2.45, 2.75) is 39.7 Å². The lowest BCUT2D eigenvalue weighted by molar-refractivity contribution is -0.121. The molecule has 1 amide bonds. The fraction of sp³-hybridized carbons (Fsp3) is 0.667. The minimum Gasteiger partial charge on any atom is -0.309 e. The molecule has 1 aliphatic heterocycles. The van der Waals surface area contributed by atoms with Gasteiger partial charge in [-0.05, 0) is 31.7 Å². The molecule has 1 fully saturated rings. The van der Waals surface area contributed by atoms with Crippen molar-refractivity contribution >= 4 is 11.7 Å². The standard InChI is InChI=1S/C12H20N4O/c1-8-7-14-16-10(8)15-11(17)9-12(2,3)5-4-6-13-9/h7,9,13H,4-6H2,1-3H3,(H2,14,15,16,17). The lowest BCUT2D eigenvalue weighted by Gasteiger charge is -2.38. The average Bonchev–Trinajstić information content (AvgIpc) is 2.63. The van der Waals surface area contributed by atoms with E-state index in [2.05, 4.69) is 34.7 Å². The number of aromatic amines is 1. The highest BCUT2D eigenvalue weighted by molar-refractivity contribution is 5.95. The van der Waals surface area contributed by atoms with Crippen molar-refractivity contribution in [3.63, 3.8) is 0 Å². The molecule has 0 radical (unpaired) electrons. The Morgan fingerprint density at radius 3 is 2.94 bits per heavy atom. The van der Waals surface area contributed by atoms with Crippen molar-refractivity contribution in [3.8, 4) is 0 Å². The molecule has 0 bridgehead atoms. The highest BCUT2D eigenvalue weighted by atomic mass is 16.2. The molecule has 5 heteroatoms. The van der Waals surface area contributed by atoms with Gasteiger partial charge in [-0.3, -0.25) is 9.89 Å². The summed E-state index contributed by atoms with van der Waals surface area (Å²) in [5, 5.41) is 12.9. The lowest BCUT2D eigenvalue weighted by atomic mass is 9.77. The zero-order valence-corrected chi connectivity index (χ0v) is 10.6. The molecule has 17 heavy (non-hydrogen) atoms. The number of hydrogen-bond acceptors (Lipinski definition) is 3. The van der Waals surface area contributed by atoms with E-state index in [0.29, 0.717) is 5.82 Å². The SMILES string of the molecule is Cc1cn[nH]c1NC(=O)C1NCCCC1(C)C. The van der Waals surface area contributed by atoms with Crippen LogP contribution in [0.15, 0.2) is 6.20 Å². The zero-order chi connectivity index (χ0) is 12.5. The minimum absolute atomic E-state index is 0.00371. The Bertz CT molecular complexity index is 410. The van der Waals surface area contributed by atoms with Crippen LogP contribution in [0.1, 0.15) is 32.3 Å². The predicted molar refractivity (Wildman–Crippen MR) is 66.8 cm³/mol. The summed E-state index contributed by atoms with van der Waals surface area (Å²) in [6.07, 6.45) is 3.90. The van der Waals surface area contributed by atoms with Gasteiger partial charge in [-0.25, -0.2) is 0 Å². The summed E-state index contributed by atoms with van der Waals surface area (Å²) in [4.78, 5) is 12.2. The Balaban J connectivity index is 2.07. The van der Waals surface area contributed by atoms with Gasteiger partial charge in [-0.1, -0.05) is 13.8 Å². The monoisotopic (exact) mass is 236 g/mol. The van der Waals surface area contributed by atoms with Crippen LogP contribution in [0.2, 0.25) is 0 Å². The van der Waals surface area contributed by atoms with Crippen LogP contribution in [0.3, 0.4) is 0 Å². The van der Waals surface area contributed by atoms with Crippen LogP contribution in [0, 0.1) is 12.3 Å². The molecule has 3 N–H and O–H groups in total. The van der Waals surface area contributed by atoms with Gasteiger partial charge >= 0.3 is 0 Å². The van der Waals surface area contributed by atoms with E-state index in [1.165, 1.54) is 0 Å². The van der Waals surface area contributed by atoms with Gasteiger partial charge in [0, 0.05) is 5.56 Å². The topological polar surface area (TPSA) is 69.8 Å². The number of nitrogens with one attached hydrogen (secondary N) is 3. The molecule has 5 nitrogen and oxygen atoms in total. The van der Waals surface area contributed by atoms with E-state index in [1.807, 2.05) is 6.92 Å². The Morgan fingerprint density at radius 2 is 2.35 bits per heavy atom. The van der Waals surface area contributed by atoms with Crippen LogP contribution in [0.25, 0.3) is 0 Å². The van der Waals surface area contributed by atoms with Crippen LogP contribution in [-0.2, 0) is 4.79 Å². The largest absolute Gasteiger partial charge is 0.309 e. The summed E-state index contributed by atoms with van der Waals surface area (Å²) >= 11 is 0. The number of nitrogens with zero attached hydrogens (tertiary/aromatic N) is 1. The number of rotatable bonds is 2. The Hall–Kier alpha value is -1.36. The molecule has 1 aromatic rings. The molecular formula is C12H20N4O. The number of H-pyrrole nitrogens is 1. The number of hydrogen-bond donors (Lipinski definition) is 3. The lowest BCUT2D eigenvalue weighted by Crippen LogP contribution is -2.53. The van der Waals surface area contributed by atoms with Crippen LogP contribution >= 0.6 is 0 Å². The number of carbonyl (C=O) groups excluding carboxylic acids is 1. The zero-order valence-electron chi connectivity index (χ0n) is 10.6. The molecule has 1 aliphatic rings. The Morgan fingerprint density at radius 1 is 1.59 bits per heavy atom. The fourth-order valence-corrected chi connectivity index (χ4v) is 2.33. The average molecular weight is 236 g/mol. The van der Waals surface area contributed by atoms with Gasteiger partial charge in [-0.15, -0.1) is 0 Å². The van der Waals surface area contributed by atoms with E-state index in [-0.39, 0.29) is 17.4 Å². The third kappa shape index (κ3) is 2.49. The van der Waals surface area contributed by atoms with E-state index < -0.39 is 0 Å². The maximum absolute atomic E-state index is 12.2. The second-order valence-electron chi connectivity index (χ2n) is 5.40. The molecule has 0 aliphatic carbocycles. The molecule has 0 aromatic carbocycles. The van der Waals surface area contributed by atoms with Gasteiger partial charge in [0.2, 0.25) is 5.91 Å². The van der Waals surface area contributed by atoms with Crippen LogP contribution in [0.5, 0.6) is 0 Å². The van der Waals surface area contributed by atoms with Gasteiger partial charge < -0.3 is 10.6 Å². The molecule has 0 saturated carbocycles. The summed E-state index contributed by atoms with van der Waals surface area (Å²) in [5.41, 5.74) is 0.947. The predicted octanol–water partition coefficient (Wildman–Crippen LogP) is 1.43. The smallest absolute Gasteiger partial charge is 0.243 e. The quantitative estimate of drug-likeness (QED) is 0.727. The second kappa shape index (κ2) is 4.49. The molecule has 94 valence electrons. The minimum atomic E-state index is -0.140. The maximum atomic E-state index is 12.2. The molecule has 1 atom stereocenters. The molecular weight excluding hydrogens is 216 g/mol. The summed E-state index contributed by atoms with van der Waals surface area (Å²) in [6.45, 7) is 7.08. The van der Waals surface area contributed by atoms with Gasteiger partial charge in [0.05, 0.1) is 12.2 Å². The molecule has 1 aromatic heterocycles. The van der Waals surface area contributed by atoms with E-state index in [4.69, 9.17) is 0 Å². The van der Waals surface area contributed by atoms with Crippen molar-refractivity contribution in [1.82, 2.24) is 15.5 Å². The number of aryl methyl sites for hydroxylation is 1. The Labute approximate surface area is 101 Å². The van der Waals surface area contributed by atoms with E-state index in [0.717, 1.165) is 24.9 Å². The molecule has 1 saturated heterocycles.